The number of ether oxygens (including phenoxy) is 1. The van der Waals surface area contributed by atoms with Crippen LogP contribution in [-0.2, 0) is 27.2 Å². The summed E-state index contributed by atoms with van der Waals surface area (Å²) < 4.78 is 7.48. The zero-order valence-corrected chi connectivity index (χ0v) is 26.9. The molecule has 1 aliphatic rings. The van der Waals surface area contributed by atoms with E-state index in [2.05, 4.69) is 15.6 Å². The Morgan fingerprint density at radius 1 is 0.956 bits per heavy atom. The molecule has 1 aromatic heterocycles. The van der Waals surface area contributed by atoms with E-state index in [1.54, 1.807) is 38.2 Å². The third-order valence-corrected chi connectivity index (χ3v) is 8.04. The summed E-state index contributed by atoms with van der Waals surface area (Å²) in [5.41, 5.74) is 1.15. The molecule has 0 aliphatic carbocycles. The molecule has 0 saturated carbocycles. The first kappa shape index (κ1) is 33.7. The summed E-state index contributed by atoms with van der Waals surface area (Å²) in [6.45, 7) is 10.3. The van der Waals surface area contributed by atoms with Gasteiger partial charge in [-0.05, 0) is 57.1 Å². The monoisotopic (exact) mass is 617 g/mol. The first-order valence-electron chi connectivity index (χ1n) is 15.7. The van der Waals surface area contributed by atoms with E-state index < -0.39 is 35.8 Å². The van der Waals surface area contributed by atoms with Crippen LogP contribution < -0.4 is 10.6 Å². The summed E-state index contributed by atoms with van der Waals surface area (Å²) in [6.07, 6.45) is 4.42. The number of hydrogen-bond donors (Lipinski definition) is 3. The van der Waals surface area contributed by atoms with Gasteiger partial charge < -0.3 is 29.9 Å². The summed E-state index contributed by atoms with van der Waals surface area (Å²) in [5, 5.41) is 17.5. The molecule has 1 saturated heterocycles. The molecular formula is C35H47N5O5. The van der Waals surface area contributed by atoms with Gasteiger partial charge >= 0.3 is 6.09 Å². The molecule has 242 valence electrons. The first-order chi connectivity index (χ1) is 21.4. The lowest BCUT2D eigenvalue weighted by atomic mass is 9.88. The fraction of sp³-hybridized carbons (Fsp3) is 0.486. The van der Waals surface area contributed by atoms with E-state index in [9.17, 15) is 19.5 Å². The van der Waals surface area contributed by atoms with Crippen LogP contribution in [0.1, 0.15) is 58.2 Å². The molecule has 0 bridgehead atoms. The quantitative estimate of drug-likeness (QED) is 0.265. The number of nitrogens with zero attached hydrogens (tertiary/aromatic N) is 3. The number of alkyl carbamates (subject to hydrolysis) is 1. The van der Waals surface area contributed by atoms with Gasteiger partial charge in [0.15, 0.2) is 0 Å². The normalized spacial score (nSPS) is 16.3. The lowest BCUT2D eigenvalue weighted by molar-refractivity contribution is -0.143. The van der Waals surface area contributed by atoms with E-state index in [1.165, 1.54) is 0 Å². The van der Waals surface area contributed by atoms with Crippen LogP contribution in [0.15, 0.2) is 79.4 Å². The van der Waals surface area contributed by atoms with Gasteiger partial charge in [0.25, 0.3) is 0 Å². The number of aromatic nitrogens is 2. The van der Waals surface area contributed by atoms with Crippen molar-refractivity contribution in [1.29, 1.82) is 0 Å². The Hall–Kier alpha value is -4.18. The van der Waals surface area contributed by atoms with Crippen molar-refractivity contribution >= 4 is 17.9 Å². The highest BCUT2D eigenvalue weighted by molar-refractivity contribution is 5.89. The van der Waals surface area contributed by atoms with Gasteiger partial charge in [-0.25, -0.2) is 9.78 Å². The smallest absolute Gasteiger partial charge is 0.407 e. The SMILES string of the molecule is CC(C)[C@H](NC(=O)[C@@H](Cc1ccccc1)C[C@H](O)[C@H](Cc1ccccc1)NC(=O)OC(C)(C)C)C(=O)N1CC(n2ccnc2)C1. The lowest BCUT2D eigenvalue weighted by Gasteiger charge is -2.42. The maximum absolute atomic E-state index is 14.0. The van der Waals surface area contributed by atoms with E-state index in [1.807, 2.05) is 85.3 Å². The van der Waals surface area contributed by atoms with Crippen molar-refractivity contribution in [3.63, 3.8) is 0 Å². The van der Waals surface area contributed by atoms with Gasteiger partial charge in [0, 0.05) is 31.4 Å². The second-order valence-electron chi connectivity index (χ2n) is 13.3. The van der Waals surface area contributed by atoms with Crippen LogP contribution in [0.2, 0.25) is 0 Å². The topological polar surface area (TPSA) is 126 Å². The largest absolute Gasteiger partial charge is 0.444 e. The molecule has 4 rings (SSSR count). The fourth-order valence-corrected chi connectivity index (χ4v) is 5.54. The summed E-state index contributed by atoms with van der Waals surface area (Å²) in [4.78, 5) is 46.1. The minimum absolute atomic E-state index is 0.0689. The number of carbonyl (C=O) groups is 3. The molecule has 2 aromatic carbocycles. The van der Waals surface area contributed by atoms with Crippen molar-refractivity contribution in [3.8, 4) is 0 Å². The van der Waals surface area contributed by atoms with Gasteiger partial charge in [-0.2, -0.15) is 0 Å². The highest BCUT2D eigenvalue weighted by Gasteiger charge is 2.38. The van der Waals surface area contributed by atoms with E-state index >= 15 is 0 Å². The highest BCUT2D eigenvalue weighted by Crippen LogP contribution is 2.24. The summed E-state index contributed by atoms with van der Waals surface area (Å²) >= 11 is 0. The van der Waals surface area contributed by atoms with Crippen molar-refractivity contribution in [2.75, 3.05) is 13.1 Å². The average Bonchev–Trinajstić information content (AvgIpc) is 3.48. The van der Waals surface area contributed by atoms with Crippen LogP contribution in [0.5, 0.6) is 0 Å². The van der Waals surface area contributed by atoms with Gasteiger partial charge in [-0.1, -0.05) is 74.5 Å². The van der Waals surface area contributed by atoms with E-state index in [4.69, 9.17) is 4.74 Å². The molecule has 10 nitrogen and oxygen atoms in total. The van der Waals surface area contributed by atoms with Crippen LogP contribution >= 0.6 is 0 Å². The standard InChI is InChI=1S/C35H47N5O5/c1-24(2)31(33(43)40-21-28(22-40)39-17-16-36-23-39)38-32(42)27(18-25-12-8-6-9-13-25)20-30(41)29(19-26-14-10-7-11-15-26)37-34(44)45-35(3,4)5/h6-17,23-24,27-31,41H,18-22H2,1-5H3,(H,37,44)(H,38,42)/t27-,29-,30-,31-/m0/s1. The van der Waals surface area contributed by atoms with Gasteiger partial charge in [-0.3, -0.25) is 9.59 Å². The van der Waals surface area contributed by atoms with Crippen molar-refractivity contribution in [1.82, 2.24) is 25.1 Å². The van der Waals surface area contributed by atoms with E-state index in [-0.39, 0.29) is 30.2 Å². The minimum atomic E-state index is -1.07. The summed E-state index contributed by atoms with van der Waals surface area (Å²) in [6, 6.07) is 17.9. The molecule has 1 fully saturated rings. The number of imidazole rings is 1. The van der Waals surface area contributed by atoms with Crippen LogP contribution in [0.4, 0.5) is 4.79 Å². The number of rotatable bonds is 13. The molecule has 45 heavy (non-hydrogen) atoms. The fourth-order valence-electron chi connectivity index (χ4n) is 5.54. The Labute approximate surface area is 266 Å². The number of nitrogens with one attached hydrogen (secondary N) is 2. The third-order valence-electron chi connectivity index (χ3n) is 8.04. The summed E-state index contributed by atoms with van der Waals surface area (Å²) in [7, 11) is 0. The Bertz CT molecular complexity index is 1370. The Morgan fingerprint density at radius 3 is 2.09 bits per heavy atom. The molecule has 0 radical (unpaired) electrons. The van der Waals surface area contributed by atoms with Crippen LogP contribution in [0.3, 0.4) is 0 Å². The number of likely N-dealkylation sites (tertiary alicyclic amines) is 1. The molecular weight excluding hydrogens is 570 g/mol. The number of aliphatic hydroxyl groups excluding tert-OH is 1. The zero-order valence-electron chi connectivity index (χ0n) is 26.9. The molecule has 3 aromatic rings. The van der Waals surface area contributed by atoms with Gasteiger partial charge in [0.05, 0.1) is 24.5 Å². The van der Waals surface area contributed by atoms with Crippen LogP contribution in [-0.4, -0.2) is 74.3 Å². The van der Waals surface area contributed by atoms with Gasteiger partial charge in [-0.15, -0.1) is 0 Å². The maximum atomic E-state index is 14.0. The Morgan fingerprint density at radius 2 is 1.56 bits per heavy atom. The van der Waals surface area contributed by atoms with Crippen molar-refractivity contribution < 1.29 is 24.2 Å². The predicted octanol–water partition coefficient (Wildman–Crippen LogP) is 4.15. The summed E-state index contributed by atoms with van der Waals surface area (Å²) in [5.74, 6) is -1.24. The van der Waals surface area contributed by atoms with Crippen molar-refractivity contribution in [3.05, 3.63) is 90.5 Å². The minimum Gasteiger partial charge on any atom is -0.444 e. The van der Waals surface area contributed by atoms with Crippen molar-refractivity contribution in [2.45, 2.75) is 83.7 Å². The second-order valence-corrected chi connectivity index (χ2v) is 13.3. The predicted molar refractivity (Wildman–Crippen MR) is 172 cm³/mol. The molecule has 10 heteroatoms. The number of carbonyl (C=O) groups excluding carboxylic acids is 3. The lowest BCUT2D eigenvalue weighted by Crippen LogP contribution is -2.59. The first-order valence-corrected chi connectivity index (χ1v) is 15.7. The highest BCUT2D eigenvalue weighted by atomic mass is 16.6. The van der Waals surface area contributed by atoms with Gasteiger partial charge in [0.2, 0.25) is 11.8 Å². The molecule has 0 spiro atoms. The second kappa shape index (κ2) is 15.2. The maximum Gasteiger partial charge on any atom is 0.407 e. The van der Waals surface area contributed by atoms with E-state index in [0.717, 1.165) is 11.1 Å². The van der Waals surface area contributed by atoms with Crippen molar-refractivity contribution in [2.24, 2.45) is 11.8 Å². The molecule has 0 unspecified atom stereocenters. The molecule has 3 amide bonds. The molecule has 3 N–H and O–H groups in total. The molecule has 2 heterocycles. The number of benzene rings is 2. The van der Waals surface area contributed by atoms with Gasteiger partial charge in [0.1, 0.15) is 11.6 Å². The third kappa shape index (κ3) is 9.91. The molecule has 4 atom stereocenters. The Balaban J connectivity index is 1.50. The Kier molecular flexibility index (Phi) is 11.4. The average molecular weight is 618 g/mol. The zero-order chi connectivity index (χ0) is 32.6. The van der Waals surface area contributed by atoms with Crippen LogP contribution in [0.25, 0.3) is 0 Å². The van der Waals surface area contributed by atoms with E-state index in [0.29, 0.717) is 25.9 Å². The number of hydrogen-bond acceptors (Lipinski definition) is 6. The molecule has 1 aliphatic heterocycles. The number of amides is 3. The van der Waals surface area contributed by atoms with Crippen LogP contribution in [0, 0.1) is 11.8 Å². The number of aliphatic hydroxyl groups is 1.